The number of anilines is 1. The predicted molar refractivity (Wildman–Crippen MR) is 91.3 cm³/mol. The van der Waals surface area contributed by atoms with Crippen molar-refractivity contribution in [2.45, 2.75) is 32.6 Å². The van der Waals surface area contributed by atoms with Crippen LogP contribution in [0.3, 0.4) is 0 Å². The lowest BCUT2D eigenvalue weighted by atomic mass is 10.0. The summed E-state index contributed by atoms with van der Waals surface area (Å²) in [5.41, 5.74) is 2.32. The molecule has 1 aromatic carbocycles. The molecule has 3 rings (SSSR count). The van der Waals surface area contributed by atoms with E-state index in [1.807, 2.05) is 31.2 Å². The Morgan fingerprint density at radius 2 is 2.00 bits per heavy atom. The van der Waals surface area contributed by atoms with Gasteiger partial charge >= 0.3 is 0 Å². The maximum atomic E-state index is 11.9. The van der Waals surface area contributed by atoms with Crippen LogP contribution in [0.2, 0.25) is 0 Å². The van der Waals surface area contributed by atoms with Crippen LogP contribution in [-0.4, -0.2) is 17.5 Å². The molecule has 0 saturated carbocycles. The standard InChI is InChI=1S/C16H18N2O2S.ClH/c1-11-6-8-12(9-7-11)20-10-15(19)18-16-17-13-4-2-3-5-14(13)21-16;/h6-9H,2-5,10H2,1H3,(H,17,18,19);1H. The van der Waals surface area contributed by atoms with Gasteiger partial charge in [0.05, 0.1) is 5.69 Å². The van der Waals surface area contributed by atoms with Crippen LogP contribution in [0.25, 0.3) is 0 Å². The van der Waals surface area contributed by atoms with E-state index in [-0.39, 0.29) is 24.9 Å². The number of amides is 1. The van der Waals surface area contributed by atoms with Gasteiger partial charge in [-0.15, -0.1) is 23.7 Å². The van der Waals surface area contributed by atoms with Crippen molar-refractivity contribution in [3.05, 3.63) is 40.4 Å². The number of ether oxygens (including phenoxy) is 1. The number of carbonyl (C=O) groups excluding carboxylic acids is 1. The first-order chi connectivity index (χ1) is 10.2. The van der Waals surface area contributed by atoms with E-state index >= 15 is 0 Å². The van der Waals surface area contributed by atoms with Gasteiger partial charge in [0.2, 0.25) is 0 Å². The molecule has 1 N–H and O–H groups in total. The molecule has 1 aliphatic carbocycles. The molecule has 1 amide bonds. The molecule has 2 aromatic rings. The molecule has 118 valence electrons. The molecule has 0 unspecified atom stereocenters. The largest absolute Gasteiger partial charge is 0.484 e. The highest BCUT2D eigenvalue weighted by Gasteiger charge is 2.16. The summed E-state index contributed by atoms with van der Waals surface area (Å²) < 4.78 is 5.46. The Morgan fingerprint density at radius 1 is 1.27 bits per heavy atom. The second kappa shape index (κ2) is 7.61. The zero-order valence-electron chi connectivity index (χ0n) is 12.4. The van der Waals surface area contributed by atoms with Crippen LogP contribution >= 0.6 is 23.7 Å². The zero-order valence-corrected chi connectivity index (χ0v) is 14.1. The minimum atomic E-state index is -0.165. The lowest BCUT2D eigenvalue weighted by molar-refractivity contribution is -0.118. The second-order valence-electron chi connectivity index (χ2n) is 5.25. The fourth-order valence-corrected chi connectivity index (χ4v) is 3.41. The Kier molecular flexibility index (Phi) is 5.80. The summed E-state index contributed by atoms with van der Waals surface area (Å²) in [5, 5.41) is 3.52. The molecule has 6 heteroatoms. The van der Waals surface area contributed by atoms with Crippen LogP contribution in [0.15, 0.2) is 24.3 Å². The monoisotopic (exact) mass is 338 g/mol. The van der Waals surface area contributed by atoms with Gasteiger partial charge in [-0.25, -0.2) is 4.98 Å². The van der Waals surface area contributed by atoms with Gasteiger partial charge in [-0.1, -0.05) is 17.7 Å². The minimum Gasteiger partial charge on any atom is -0.484 e. The summed E-state index contributed by atoms with van der Waals surface area (Å²) >= 11 is 1.59. The van der Waals surface area contributed by atoms with E-state index in [4.69, 9.17) is 4.74 Å². The fraction of sp³-hybridized carbons (Fsp3) is 0.375. The highest BCUT2D eigenvalue weighted by atomic mass is 35.5. The van der Waals surface area contributed by atoms with Gasteiger partial charge in [0, 0.05) is 4.88 Å². The number of nitrogens with zero attached hydrogens (tertiary/aromatic N) is 1. The summed E-state index contributed by atoms with van der Waals surface area (Å²) in [6.07, 6.45) is 4.53. The number of benzene rings is 1. The van der Waals surface area contributed by atoms with E-state index in [0.29, 0.717) is 10.9 Å². The fourth-order valence-electron chi connectivity index (χ4n) is 2.34. The van der Waals surface area contributed by atoms with Crippen molar-refractivity contribution in [2.75, 3.05) is 11.9 Å². The molecule has 0 spiro atoms. The van der Waals surface area contributed by atoms with Crippen molar-refractivity contribution >= 4 is 34.8 Å². The van der Waals surface area contributed by atoms with E-state index < -0.39 is 0 Å². The van der Waals surface area contributed by atoms with Crippen molar-refractivity contribution in [1.29, 1.82) is 0 Å². The molecule has 0 bridgehead atoms. The van der Waals surface area contributed by atoms with Crippen molar-refractivity contribution < 1.29 is 9.53 Å². The van der Waals surface area contributed by atoms with Crippen LogP contribution in [-0.2, 0) is 17.6 Å². The third-order valence-electron chi connectivity index (χ3n) is 3.48. The molecular weight excluding hydrogens is 320 g/mol. The topological polar surface area (TPSA) is 51.2 Å². The Hall–Kier alpha value is -1.59. The van der Waals surface area contributed by atoms with E-state index in [1.165, 1.54) is 23.3 Å². The van der Waals surface area contributed by atoms with E-state index in [1.54, 1.807) is 11.3 Å². The first kappa shape index (κ1) is 16.8. The molecule has 0 aliphatic heterocycles. The average molecular weight is 339 g/mol. The molecule has 1 aliphatic rings. The van der Waals surface area contributed by atoms with Crippen LogP contribution in [0.4, 0.5) is 5.13 Å². The Bertz CT molecular complexity index is 617. The molecule has 0 radical (unpaired) electrons. The predicted octanol–water partition coefficient (Wildman–Crippen LogP) is 3.77. The Labute approximate surface area is 140 Å². The number of hydrogen-bond donors (Lipinski definition) is 1. The van der Waals surface area contributed by atoms with E-state index in [0.717, 1.165) is 18.5 Å². The first-order valence-electron chi connectivity index (χ1n) is 7.18. The van der Waals surface area contributed by atoms with Gasteiger partial charge in [0.25, 0.3) is 5.91 Å². The van der Waals surface area contributed by atoms with E-state index in [2.05, 4.69) is 10.3 Å². The summed E-state index contributed by atoms with van der Waals surface area (Å²) in [4.78, 5) is 17.7. The van der Waals surface area contributed by atoms with Gasteiger partial charge in [-0.3, -0.25) is 10.1 Å². The van der Waals surface area contributed by atoms with Crippen LogP contribution in [0.5, 0.6) is 5.75 Å². The minimum absolute atomic E-state index is 0. The molecule has 4 nitrogen and oxygen atoms in total. The average Bonchev–Trinajstić information content (AvgIpc) is 2.88. The van der Waals surface area contributed by atoms with Crippen LogP contribution in [0.1, 0.15) is 29.0 Å². The lowest BCUT2D eigenvalue weighted by Crippen LogP contribution is -2.20. The number of halogens is 1. The highest BCUT2D eigenvalue weighted by Crippen LogP contribution is 2.29. The number of aryl methyl sites for hydroxylation is 3. The van der Waals surface area contributed by atoms with Gasteiger partial charge in [0.1, 0.15) is 5.75 Å². The van der Waals surface area contributed by atoms with Crippen molar-refractivity contribution in [3.8, 4) is 5.75 Å². The summed E-state index contributed by atoms with van der Waals surface area (Å²) in [7, 11) is 0. The molecule has 0 saturated heterocycles. The van der Waals surface area contributed by atoms with Crippen LogP contribution in [0, 0.1) is 6.92 Å². The second-order valence-corrected chi connectivity index (χ2v) is 6.33. The Morgan fingerprint density at radius 3 is 2.73 bits per heavy atom. The number of fused-ring (bicyclic) bond motifs is 1. The molecular formula is C16H19ClN2O2S. The number of carbonyl (C=O) groups is 1. The molecule has 0 atom stereocenters. The number of hydrogen-bond acceptors (Lipinski definition) is 4. The van der Waals surface area contributed by atoms with Gasteiger partial charge in [-0.05, 0) is 44.7 Å². The number of thiazole rings is 1. The number of rotatable bonds is 4. The molecule has 1 heterocycles. The summed E-state index contributed by atoms with van der Waals surface area (Å²) in [6.45, 7) is 2.02. The van der Waals surface area contributed by atoms with Gasteiger partial charge < -0.3 is 4.74 Å². The lowest BCUT2D eigenvalue weighted by Gasteiger charge is -2.06. The van der Waals surface area contributed by atoms with Crippen molar-refractivity contribution in [3.63, 3.8) is 0 Å². The Balaban J connectivity index is 0.00000176. The first-order valence-corrected chi connectivity index (χ1v) is 8.00. The quantitative estimate of drug-likeness (QED) is 0.923. The third-order valence-corrected chi connectivity index (χ3v) is 4.56. The smallest absolute Gasteiger partial charge is 0.264 e. The normalized spacial score (nSPS) is 13.0. The molecule has 1 aromatic heterocycles. The van der Waals surface area contributed by atoms with Crippen LogP contribution < -0.4 is 10.1 Å². The maximum Gasteiger partial charge on any atom is 0.264 e. The molecule has 0 fully saturated rings. The summed E-state index contributed by atoms with van der Waals surface area (Å²) in [6, 6.07) is 7.65. The van der Waals surface area contributed by atoms with Gasteiger partial charge in [-0.2, -0.15) is 0 Å². The number of aromatic nitrogens is 1. The molecule has 22 heavy (non-hydrogen) atoms. The number of nitrogens with one attached hydrogen (secondary N) is 1. The maximum absolute atomic E-state index is 11.9. The van der Waals surface area contributed by atoms with Gasteiger partial charge in [0.15, 0.2) is 11.7 Å². The van der Waals surface area contributed by atoms with Crippen molar-refractivity contribution in [2.24, 2.45) is 0 Å². The van der Waals surface area contributed by atoms with E-state index in [9.17, 15) is 4.79 Å². The summed E-state index contributed by atoms with van der Waals surface area (Å²) in [5.74, 6) is 0.538. The zero-order chi connectivity index (χ0) is 14.7. The highest BCUT2D eigenvalue weighted by molar-refractivity contribution is 7.15. The third kappa shape index (κ3) is 4.21. The SMILES string of the molecule is Cc1ccc(OCC(=O)Nc2nc3c(s2)CCCC3)cc1.Cl. The van der Waals surface area contributed by atoms with Crippen molar-refractivity contribution in [1.82, 2.24) is 4.98 Å².